The quantitative estimate of drug-likeness (QED) is 0.542. The normalized spacial score (nSPS) is 13.2. The van der Waals surface area contributed by atoms with E-state index in [1.54, 1.807) is 6.08 Å². The number of hydrogen-bond acceptors (Lipinski definition) is 2. The van der Waals surface area contributed by atoms with Crippen LogP contribution >= 0.6 is 0 Å². The number of rotatable bonds is 4. The zero-order chi connectivity index (χ0) is 6.41. The molecule has 0 aliphatic heterocycles. The second-order valence-corrected chi connectivity index (χ2v) is 1.56. The Bertz CT molecular complexity index is 63.5. The van der Waals surface area contributed by atoms with Gasteiger partial charge < -0.3 is 10.5 Å². The van der Waals surface area contributed by atoms with Gasteiger partial charge >= 0.3 is 0 Å². The van der Waals surface area contributed by atoms with Crippen molar-refractivity contribution in [3.8, 4) is 0 Å². The van der Waals surface area contributed by atoms with Gasteiger partial charge in [0, 0.05) is 12.6 Å². The minimum Gasteiger partial charge on any atom is -0.380 e. The maximum atomic E-state index is 5.42. The molecule has 0 saturated carbocycles. The molecular weight excluding hydrogens is 102 g/mol. The van der Waals surface area contributed by atoms with Gasteiger partial charge in [-0.3, -0.25) is 0 Å². The molecular formula is C6H13NO. The van der Waals surface area contributed by atoms with Crippen LogP contribution in [0.3, 0.4) is 0 Å². The highest BCUT2D eigenvalue weighted by Crippen LogP contribution is 1.80. The molecule has 48 valence electrons. The molecule has 0 radical (unpaired) electrons. The summed E-state index contributed by atoms with van der Waals surface area (Å²) in [7, 11) is 0. The summed E-state index contributed by atoms with van der Waals surface area (Å²) < 4.78 is 4.99. The summed E-state index contributed by atoms with van der Waals surface area (Å²) in [6, 6.07) is -0.00468. The summed E-state index contributed by atoms with van der Waals surface area (Å²) >= 11 is 0. The molecule has 0 heterocycles. The third-order valence-corrected chi connectivity index (χ3v) is 0.817. The molecule has 0 bridgehead atoms. The van der Waals surface area contributed by atoms with Gasteiger partial charge in [0.1, 0.15) is 0 Å². The smallest absolute Gasteiger partial charge is 0.0653 e. The van der Waals surface area contributed by atoms with E-state index in [0.717, 1.165) is 6.61 Å². The van der Waals surface area contributed by atoms with Gasteiger partial charge in [-0.1, -0.05) is 6.08 Å². The van der Waals surface area contributed by atoms with Crippen molar-refractivity contribution < 1.29 is 4.74 Å². The summed E-state index contributed by atoms with van der Waals surface area (Å²) in [6.45, 7) is 6.76. The van der Waals surface area contributed by atoms with Crippen LogP contribution in [0.4, 0.5) is 0 Å². The Morgan fingerprint density at radius 1 is 1.88 bits per heavy atom. The number of hydrogen-bond donors (Lipinski definition) is 1. The summed E-state index contributed by atoms with van der Waals surface area (Å²) in [5, 5.41) is 0. The van der Waals surface area contributed by atoms with Gasteiger partial charge in [0.05, 0.1) is 6.61 Å². The number of nitrogens with two attached hydrogens (primary N) is 1. The van der Waals surface area contributed by atoms with E-state index in [9.17, 15) is 0 Å². The van der Waals surface area contributed by atoms with Crippen molar-refractivity contribution in [3.63, 3.8) is 0 Å². The lowest BCUT2D eigenvalue weighted by molar-refractivity contribution is 0.143. The van der Waals surface area contributed by atoms with Crippen molar-refractivity contribution in [2.45, 2.75) is 13.0 Å². The average molecular weight is 115 g/mol. The molecule has 0 amide bonds. The van der Waals surface area contributed by atoms with Gasteiger partial charge in [-0.2, -0.15) is 0 Å². The van der Waals surface area contributed by atoms with E-state index in [4.69, 9.17) is 10.5 Å². The van der Waals surface area contributed by atoms with Crippen molar-refractivity contribution in [1.82, 2.24) is 0 Å². The van der Waals surface area contributed by atoms with Crippen molar-refractivity contribution in [1.29, 1.82) is 0 Å². The Morgan fingerprint density at radius 3 is 2.88 bits per heavy atom. The van der Waals surface area contributed by atoms with Crippen LogP contribution in [0.25, 0.3) is 0 Å². The van der Waals surface area contributed by atoms with Gasteiger partial charge in [0.15, 0.2) is 0 Å². The highest BCUT2D eigenvalue weighted by Gasteiger charge is 1.91. The first-order chi connectivity index (χ1) is 3.81. The molecule has 0 rings (SSSR count). The van der Waals surface area contributed by atoms with Crippen molar-refractivity contribution in [2.75, 3.05) is 13.2 Å². The molecule has 2 heteroatoms. The van der Waals surface area contributed by atoms with Crippen LogP contribution in [0.1, 0.15) is 6.92 Å². The molecule has 0 aromatic heterocycles. The fourth-order valence-corrected chi connectivity index (χ4v) is 0.322. The third kappa shape index (κ3) is 3.84. The van der Waals surface area contributed by atoms with E-state index < -0.39 is 0 Å². The summed E-state index contributed by atoms with van der Waals surface area (Å²) in [4.78, 5) is 0. The van der Waals surface area contributed by atoms with Gasteiger partial charge in [-0.25, -0.2) is 0 Å². The second kappa shape index (κ2) is 4.81. The molecule has 0 aromatic rings. The molecule has 0 aliphatic carbocycles. The predicted octanol–water partition coefficient (Wildman–Crippen LogP) is 0.536. The Kier molecular flexibility index (Phi) is 4.61. The molecule has 0 aliphatic rings. The minimum absolute atomic E-state index is 0.00468. The Balaban J connectivity index is 2.98. The fourth-order valence-electron chi connectivity index (χ4n) is 0.322. The van der Waals surface area contributed by atoms with Crippen LogP contribution in [-0.4, -0.2) is 19.3 Å². The summed E-state index contributed by atoms with van der Waals surface area (Å²) in [5.41, 5.74) is 5.42. The molecule has 1 unspecified atom stereocenters. The van der Waals surface area contributed by atoms with Crippen LogP contribution in [0.15, 0.2) is 12.7 Å². The monoisotopic (exact) mass is 115 g/mol. The molecule has 2 nitrogen and oxygen atoms in total. The van der Waals surface area contributed by atoms with Crippen molar-refractivity contribution in [3.05, 3.63) is 12.7 Å². The molecule has 0 aromatic carbocycles. The standard InChI is InChI=1S/C6H13NO/c1-3-6(7)5-8-4-2/h3,6H,1,4-5,7H2,2H3. The molecule has 8 heavy (non-hydrogen) atoms. The highest BCUT2D eigenvalue weighted by atomic mass is 16.5. The Hall–Kier alpha value is -0.340. The van der Waals surface area contributed by atoms with E-state index in [1.807, 2.05) is 6.92 Å². The van der Waals surface area contributed by atoms with Gasteiger partial charge in [-0.15, -0.1) is 6.58 Å². The SMILES string of the molecule is C=CC(N)COCC. The molecule has 1 atom stereocenters. The molecule has 0 saturated heterocycles. The first-order valence-corrected chi connectivity index (χ1v) is 2.77. The molecule has 0 spiro atoms. The first-order valence-electron chi connectivity index (χ1n) is 2.77. The molecule has 2 N–H and O–H groups in total. The van der Waals surface area contributed by atoms with Crippen LogP contribution in [0.5, 0.6) is 0 Å². The summed E-state index contributed by atoms with van der Waals surface area (Å²) in [6.07, 6.45) is 1.68. The fraction of sp³-hybridized carbons (Fsp3) is 0.667. The molecule has 0 fully saturated rings. The minimum atomic E-state index is -0.00468. The largest absolute Gasteiger partial charge is 0.380 e. The van der Waals surface area contributed by atoms with E-state index in [-0.39, 0.29) is 6.04 Å². The van der Waals surface area contributed by atoms with Crippen molar-refractivity contribution in [2.24, 2.45) is 5.73 Å². The van der Waals surface area contributed by atoms with Crippen LogP contribution in [-0.2, 0) is 4.74 Å². The Morgan fingerprint density at radius 2 is 2.50 bits per heavy atom. The van der Waals surface area contributed by atoms with Crippen molar-refractivity contribution >= 4 is 0 Å². The average Bonchev–Trinajstić information content (AvgIpc) is 1.83. The predicted molar refractivity (Wildman–Crippen MR) is 34.7 cm³/mol. The summed E-state index contributed by atoms with van der Waals surface area (Å²) in [5.74, 6) is 0. The lowest BCUT2D eigenvalue weighted by Crippen LogP contribution is -2.22. The maximum Gasteiger partial charge on any atom is 0.0653 e. The second-order valence-electron chi connectivity index (χ2n) is 1.56. The highest BCUT2D eigenvalue weighted by molar-refractivity contribution is 4.81. The zero-order valence-electron chi connectivity index (χ0n) is 5.26. The lowest BCUT2D eigenvalue weighted by Gasteiger charge is -2.03. The van der Waals surface area contributed by atoms with E-state index in [0.29, 0.717) is 6.61 Å². The van der Waals surface area contributed by atoms with Gasteiger partial charge in [-0.05, 0) is 6.92 Å². The van der Waals surface area contributed by atoms with E-state index in [1.165, 1.54) is 0 Å². The Labute approximate surface area is 50.3 Å². The van der Waals surface area contributed by atoms with E-state index in [2.05, 4.69) is 6.58 Å². The van der Waals surface area contributed by atoms with Gasteiger partial charge in [0.25, 0.3) is 0 Å². The third-order valence-electron chi connectivity index (χ3n) is 0.817. The van der Waals surface area contributed by atoms with Gasteiger partial charge in [0.2, 0.25) is 0 Å². The maximum absolute atomic E-state index is 5.42. The van der Waals surface area contributed by atoms with Crippen LogP contribution in [0.2, 0.25) is 0 Å². The topological polar surface area (TPSA) is 35.2 Å². The zero-order valence-corrected chi connectivity index (χ0v) is 5.26. The lowest BCUT2D eigenvalue weighted by atomic mass is 10.3. The first kappa shape index (κ1) is 7.66. The van der Waals surface area contributed by atoms with Crippen LogP contribution < -0.4 is 5.73 Å². The van der Waals surface area contributed by atoms with Crippen LogP contribution in [0, 0.1) is 0 Å². The van der Waals surface area contributed by atoms with E-state index >= 15 is 0 Å². The number of ether oxygens (including phenoxy) is 1.